The second-order valence-corrected chi connectivity index (χ2v) is 6.13. The molecule has 4 rings (SSSR count). The van der Waals surface area contributed by atoms with Gasteiger partial charge in [-0.3, -0.25) is 19.1 Å². The van der Waals surface area contributed by atoms with Crippen LogP contribution in [0.1, 0.15) is 10.4 Å². The standard InChI is InChI=1S/C18H11F3N4O4/c19-8-5-11(20)14(12(21)6-8)25-7-10(16(22)27)15(26)9-1-2-13(23-17(9)25)24-3-4-29-18(24)28/h1-2,5-7H,3-4H2,(H2,22,27). The number of primary amides is 1. The second-order valence-electron chi connectivity index (χ2n) is 6.13. The minimum Gasteiger partial charge on any atom is -0.447 e. The van der Waals surface area contributed by atoms with E-state index in [2.05, 4.69) is 4.98 Å². The number of ether oxygens (including phenoxy) is 1. The predicted octanol–water partition coefficient (Wildman–Crippen LogP) is 1.86. The molecule has 0 unspecified atom stereocenters. The van der Waals surface area contributed by atoms with E-state index in [9.17, 15) is 27.6 Å². The van der Waals surface area contributed by atoms with E-state index in [0.717, 1.165) is 15.7 Å². The Balaban J connectivity index is 2.08. The summed E-state index contributed by atoms with van der Waals surface area (Å²) >= 11 is 0. The Morgan fingerprint density at radius 3 is 2.41 bits per heavy atom. The Labute approximate surface area is 159 Å². The first kappa shape index (κ1) is 18.5. The molecular formula is C18H11F3N4O4. The van der Waals surface area contributed by atoms with Crippen molar-refractivity contribution in [3.05, 3.63) is 63.7 Å². The van der Waals surface area contributed by atoms with Gasteiger partial charge >= 0.3 is 6.09 Å². The van der Waals surface area contributed by atoms with Gasteiger partial charge in [0.05, 0.1) is 11.9 Å². The summed E-state index contributed by atoms with van der Waals surface area (Å²) in [6.45, 7) is 0.299. The molecule has 3 heterocycles. The van der Waals surface area contributed by atoms with Gasteiger partial charge in [0, 0.05) is 18.3 Å². The normalized spacial score (nSPS) is 13.8. The number of nitrogens with two attached hydrogens (primary N) is 1. The lowest BCUT2D eigenvalue weighted by atomic mass is 10.1. The Hall–Kier alpha value is -3.89. The number of aromatic nitrogens is 2. The van der Waals surface area contributed by atoms with E-state index >= 15 is 0 Å². The molecule has 1 aromatic carbocycles. The molecule has 0 saturated carbocycles. The number of fused-ring (bicyclic) bond motifs is 1. The topological polar surface area (TPSA) is 108 Å². The van der Waals surface area contributed by atoms with Crippen LogP contribution in [0.3, 0.4) is 0 Å². The van der Waals surface area contributed by atoms with E-state index in [1.165, 1.54) is 12.1 Å². The maximum absolute atomic E-state index is 14.4. The molecule has 148 valence electrons. The molecule has 8 nitrogen and oxygen atoms in total. The lowest BCUT2D eigenvalue weighted by Gasteiger charge is -2.16. The van der Waals surface area contributed by atoms with Crippen LogP contribution in [0.4, 0.5) is 23.8 Å². The maximum atomic E-state index is 14.4. The van der Waals surface area contributed by atoms with Gasteiger partial charge in [-0.05, 0) is 12.1 Å². The zero-order valence-electron chi connectivity index (χ0n) is 14.5. The molecule has 0 atom stereocenters. The van der Waals surface area contributed by atoms with Crippen LogP contribution in [0.15, 0.2) is 35.3 Å². The van der Waals surface area contributed by atoms with Gasteiger partial charge in [0.25, 0.3) is 5.91 Å². The minimum absolute atomic E-state index is 0.0582. The van der Waals surface area contributed by atoms with Gasteiger partial charge in [0.1, 0.15) is 29.5 Å². The predicted molar refractivity (Wildman–Crippen MR) is 94.4 cm³/mol. The summed E-state index contributed by atoms with van der Waals surface area (Å²) in [5.74, 6) is -4.81. The van der Waals surface area contributed by atoms with Crippen molar-refractivity contribution in [1.29, 1.82) is 0 Å². The van der Waals surface area contributed by atoms with E-state index in [1.807, 2.05) is 0 Å². The van der Waals surface area contributed by atoms with Crippen LogP contribution < -0.4 is 16.1 Å². The van der Waals surface area contributed by atoms with Gasteiger partial charge in [-0.15, -0.1) is 0 Å². The van der Waals surface area contributed by atoms with Crippen LogP contribution in [-0.4, -0.2) is 34.7 Å². The molecule has 2 aromatic heterocycles. The summed E-state index contributed by atoms with van der Waals surface area (Å²) in [6, 6.07) is 3.44. The number of halogens is 3. The van der Waals surface area contributed by atoms with Crippen molar-refractivity contribution in [2.24, 2.45) is 5.73 Å². The molecule has 0 bridgehead atoms. The SMILES string of the molecule is NC(=O)c1cn(-c2c(F)cc(F)cc2F)c2nc(N3CCOC3=O)ccc2c1=O. The molecule has 1 aliphatic rings. The molecule has 0 spiro atoms. The third-order valence-electron chi connectivity index (χ3n) is 4.36. The van der Waals surface area contributed by atoms with E-state index in [4.69, 9.17) is 10.5 Å². The number of anilines is 1. The first-order chi connectivity index (χ1) is 13.8. The average molecular weight is 404 g/mol. The summed E-state index contributed by atoms with van der Waals surface area (Å²) < 4.78 is 47.8. The highest BCUT2D eigenvalue weighted by Gasteiger charge is 2.26. The Bertz CT molecular complexity index is 1230. The number of hydrogen-bond donors (Lipinski definition) is 1. The van der Waals surface area contributed by atoms with Crippen LogP contribution >= 0.6 is 0 Å². The molecule has 3 aromatic rings. The third kappa shape index (κ3) is 2.96. The number of carbonyl (C=O) groups excluding carboxylic acids is 2. The summed E-state index contributed by atoms with van der Waals surface area (Å²) in [5.41, 5.74) is 2.82. The summed E-state index contributed by atoms with van der Waals surface area (Å²) in [5, 5.41) is -0.180. The van der Waals surface area contributed by atoms with Crippen molar-refractivity contribution in [2.75, 3.05) is 18.1 Å². The zero-order chi connectivity index (χ0) is 20.9. The van der Waals surface area contributed by atoms with Crippen molar-refractivity contribution < 1.29 is 27.5 Å². The number of rotatable bonds is 3. The zero-order valence-corrected chi connectivity index (χ0v) is 14.5. The summed E-state index contributed by atoms with van der Waals surface area (Å²) in [4.78, 5) is 41.3. The van der Waals surface area contributed by atoms with Crippen molar-refractivity contribution in [3.8, 4) is 5.69 Å². The van der Waals surface area contributed by atoms with Crippen molar-refractivity contribution in [2.45, 2.75) is 0 Å². The average Bonchev–Trinajstić information content (AvgIpc) is 3.08. The molecule has 0 aliphatic carbocycles. The van der Waals surface area contributed by atoms with E-state index in [-0.39, 0.29) is 30.0 Å². The number of benzene rings is 1. The number of carbonyl (C=O) groups is 2. The second kappa shape index (κ2) is 6.62. The Kier molecular flexibility index (Phi) is 4.22. The van der Waals surface area contributed by atoms with Gasteiger partial charge in [0.2, 0.25) is 5.43 Å². The molecule has 29 heavy (non-hydrogen) atoms. The fourth-order valence-corrected chi connectivity index (χ4v) is 3.06. The highest BCUT2D eigenvalue weighted by molar-refractivity contribution is 5.97. The van der Waals surface area contributed by atoms with Crippen LogP contribution in [-0.2, 0) is 4.74 Å². The number of pyridine rings is 2. The van der Waals surface area contributed by atoms with Gasteiger partial charge in [-0.2, -0.15) is 0 Å². The highest BCUT2D eigenvalue weighted by atomic mass is 19.1. The minimum atomic E-state index is -1.30. The Morgan fingerprint density at radius 2 is 1.83 bits per heavy atom. The van der Waals surface area contributed by atoms with Crippen LogP contribution in [0.2, 0.25) is 0 Å². The summed E-state index contributed by atoms with van der Waals surface area (Å²) in [6.07, 6.45) is 0.143. The number of hydrogen-bond acceptors (Lipinski definition) is 5. The lowest BCUT2D eigenvalue weighted by molar-refractivity contribution is 0.0999. The van der Waals surface area contributed by atoms with E-state index < -0.39 is 46.1 Å². The molecular weight excluding hydrogens is 393 g/mol. The lowest BCUT2D eigenvalue weighted by Crippen LogP contribution is -2.27. The third-order valence-corrected chi connectivity index (χ3v) is 4.36. The van der Waals surface area contributed by atoms with Crippen LogP contribution in [0.5, 0.6) is 0 Å². The molecule has 2 N–H and O–H groups in total. The molecule has 2 amide bonds. The van der Waals surface area contributed by atoms with Crippen molar-refractivity contribution in [3.63, 3.8) is 0 Å². The number of amides is 2. The van der Waals surface area contributed by atoms with E-state index in [0.29, 0.717) is 12.1 Å². The largest absolute Gasteiger partial charge is 0.447 e. The molecule has 1 aliphatic heterocycles. The van der Waals surface area contributed by atoms with Gasteiger partial charge in [-0.25, -0.2) is 22.9 Å². The highest BCUT2D eigenvalue weighted by Crippen LogP contribution is 2.25. The van der Waals surface area contributed by atoms with E-state index in [1.54, 1.807) is 0 Å². The van der Waals surface area contributed by atoms with Crippen molar-refractivity contribution >= 4 is 28.9 Å². The Morgan fingerprint density at radius 1 is 1.14 bits per heavy atom. The first-order valence-corrected chi connectivity index (χ1v) is 8.23. The monoisotopic (exact) mass is 404 g/mol. The molecule has 1 saturated heterocycles. The fourth-order valence-electron chi connectivity index (χ4n) is 3.06. The summed E-state index contributed by atoms with van der Waals surface area (Å²) in [7, 11) is 0. The molecule has 11 heteroatoms. The number of cyclic esters (lactones) is 1. The molecule has 0 radical (unpaired) electrons. The smallest absolute Gasteiger partial charge is 0.415 e. The molecule has 1 fully saturated rings. The number of nitrogens with zero attached hydrogens (tertiary/aromatic N) is 3. The van der Waals surface area contributed by atoms with Gasteiger partial charge in [-0.1, -0.05) is 0 Å². The van der Waals surface area contributed by atoms with Gasteiger partial charge in [0.15, 0.2) is 17.3 Å². The van der Waals surface area contributed by atoms with Crippen molar-refractivity contribution in [1.82, 2.24) is 9.55 Å². The first-order valence-electron chi connectivity index (χ1n) is 8.23. The van der Waals surface area contributed by atoms with Crippen LogP contribution in [0.25, 0.3) is 16.7 Å². The maximum Gasteiger partial charge on any atom is 0.415 e. The van der Waals surface area contributed by atoms with Gasteiger partial charge < -0.3 is 10.5 Å². The quantitative estimate of drug-likeness (QED) is 0.717. The van der Waals surface area contributed by atoms with Crippen LogP contribution in [0, 0.1) is 17.5 Å². The fraction of sp³-hybridized carbons (Fsp3) is 0.111.